The lowest BCUT2D eigenvalue weighted by Gasteiger charge is -2.12. The summed E-state index contributed by atoms with van der Waals surface area (Å²) in [5, 5.41) is 10.2. The molecule has 0 saturated heterocycles. The van der Waals surface area contributed by atoms with Crippen LogP contribution >= 0.6 is 24.4 Å². The number of rotatable bonds is 7. The fourth-order valence-electron chi connectivity index (χ4n) is 1.87. The summed E-state index contributed by atoms with van der Waals surface area (Å²) in [6, 6.07) is 7.47. The Labute approximate surface area is 167 Å². The second-order valence-corrected chi connectivity index (χ2v) is 6.62. The molecule has 1 aromatic carbocycles. The van der Waals surface area contributed by atoms with Crippen LogP contribution in [-0.2, 0) is 0 Å². The molecule has 1 rings (SSSR count). The van der Waals surface area contributed by atoms with Crippen molar-refractivity contribution in [2.45, 2.75) is 39.8 Å². The normalized spacial score (nSPS) is 12.5. The maximum absolute atomic E-state index is 12.3. The van der Waals surface area contributed by atoms with Gasteiger partial charge in [-0.25, -0.2) is 0 Å². The van der Waals surface area contributed by atoms with Gasteiger partial charge in [-0.1, -0.05) is 49.0 Å². The van der Waals surface area contributed by atoms with Crippen LogP contribution in [0.25, 0.3) is 0 Å². The number of thiocarbonyl (C=S) groups is 2. The van der Waals surface area contributed by atoms with Crippen LogP contribution in [0.4, 0.5) is 13.2 Å². The van der Waals surface area contributed by atoms with Gasteiger partial charge in [0.1, 0.15) is 12.3 Å². The van der Waals surface area contributed by atoms with Crippen molar-refractivity contribution < 1.29 is 13.2 Å². The minimum Gasteiger partial charge on any atom is -0.352 e. The number of hydrazone groups is 2. The van der Waals surface area contributed by atoms with Crippen LogP contribution in [0.3, 0.4) is 0 Å². The molecule has 0 spiro atoms. The van der Waals surface area contributed by atoms with E-state index in [0.29, 0.717) is 22.8 Å². The minimum absolute atomic E-state index is 0.237. The second kappa shape index (κ2) is 10.9. The van der Waals surface area contributed by atoms with Crippen molar-refractivity contribution in [3.63, 3.8) is 0 Å². The first-order valence-electron chi connectivity index (χ1n) is 8.21. The van der Waals surface area contributed by atoms with E-state index >= 15 is 0 Å². The van der Waals surface area contributed by atoms with E-state index < -0.39 is 12.7 Å². The molecular weight excluding hydrogens is 395 g/mol. The van der Waals surface area contributed by atoms with Gasteiger partial charge in [0.15, 0.2) is 5.11 Å². The first-order chi connectivity index (χ1) is 12.6. The van der Waals surface area contributed by atoms with Crippen LogP contribution < -0.4 is 16.2 Å². The fourth-order valence-corrected chi connectivity index (χ4v) is 2.24. The Morgan fingerprint density at radius 3 is 2.26 bits per heavy atom. The molecule has 0 radical (unpaired) electrons. The molecule has 148 valence electrons. The predicted molar refractivity (Wildman–Crippen MR) is 111 cm³/mol. The number of benzene rings is 1. The third-order valence-corrected chi connectivity index (χ3v) is 3.74. The zero-order valence-electron chi connectivity index (χ0n) is 15.3. The number of hydrogen-bond donors (Lipinski definition) is 3. The van der Waals surface area contributed by atoms with Crippen LogP contribution in [0.2, 0.25) is 0 Å². The molecule has 0 atom stereocenters. The summed E-state index contributed by atoms with van der Waals surface area (Å²) in [5.41, 5.74) is 7.95. The van der Waals surface area contributed by atoms with Gasteiger partial charge in [-0.3, -0.25) is 10.9 Å². The maximum Gasteiger partial charge on any atom is 0.405 e. The largest absolute Gasteiger partial charge is 0.405 e. The molecule has 0 aliphatic carbocycles. The second-order valence-electron chi connectivity index (χ2n) is 5.72. The van der Waals surface area contributed by atoms with E-state index in [1.54, 1.807) is 6.92 Å². The van der Waals surface area contributed by atoms with Crippen molar-refractivity contribution in [3.05, 3.63) is 35.4 Å². The van der Waals surface area contributed by atoms with E-state index in [-0.39, 0.29) is 5.11 Å². The lowest BCUT2D eigenvalue weighted by molar-refractivity contribution is -0.122. The smallest absolute Gasteiger partial charge is 0.352 e. The molecule has 0 saturated carbocycles. The summed E-state index contributed by atoms with van der Waals surface area (Å²) in [6.07, 6.45) is -2.78. The van der Waals surface area contributed by atoms with Crippen molar-refractivity contribution in [1.82, 2.24) is 16.2 Å². The Morgan fingerprint density at radius 1 is 1.07 bits per heavy atom. The fraction of sp³-hybridized carbons (Fsp3) is 0.412. The summed E-state index contributed by atoms with van der Waals surface area (Å²) in [4.78, 5) is 0.593. The highest BCUT2D eigenvalue weighted by Gasteiger charge is 2.27. The topological polar surface area (TPSA) is 60.8 Å². The zero-order valence-corrected chi connectivity index (χ0v) is 16.9. The van der Waals surface area contributed by atoms with Crippen LogP contribution in [0.5, 0.6) is 0 Å². The third kappa shape index (κ3) is 9.43. The standard InChI is InChI=1S/C17H22F3N5S2/c1-4-5-14(26)23-22-12(3)15(13-8-6-11(2)7-9-13)24-25-16(27)21-10-17(18,19)20/h6-9H,4-5,10H2,1-3H3,(H,23,26)(H2,21,25,27). The first-order valence-corrected chi connectivity index (χ1v) is 9.03. The highest BCUT2D eigenvalue weighted by Crippen LogP contribution is 2.12. The van der Waals surface area contributed by atoms with Gasteiger partial charge in [0.2, 0.25) is 0 Å². The number of nitrogens with one attached hydrogen (secondary N) is 3. The van der Waals surface area contributed by atoms with Gasteiger partial charge in [0.25, 0.3) is 0 Å². The van der Waals surface area contributed by atoms with E-state index in [4.69, 9.17) is 24.4 Å². The Morgan fingerprint density at radius 2 is 1.70 bits per heavy atom. The zero-order chi connectivity index (χ0) is 20.4. The van der Waals surface area contributed by atoms with Crippen LogP contribution in [-0.4, -0.2) is 34.2 Å². The average molecular weight is 418 g/mol. The Kier molecular flexibility index (Phi) is 9.30. The highest BCUT2D eigenvalue weighted by atomic mass is 32.1. The molecule has 5 nitrogen and oxygen atoms in total. The van der Waals surface area contributed by atoms with Crippen LogP contribution in [0.15, 0.2) is 34.5 Å². The van der Waals surface area contributed by atoms with Crippen molar-refractivity contribution in [2.24, 2.45) is 10.2 Å². The van der Waals surface area contributed by atoms with Gasteiger partial charge in [0, 0.05) is 5.56 Å². The monoisotopic (exact) mass is 417 g/mol. The van der Waals surface area contributed by atoms with E-state index in [0.717, 1.165) is 17.5 Å². The Bertz CT molecular complexity index is 712. The summed E-state index contributed by atoms with van der Waals surface area (Å²) in [5.74, 6) is 0. The molecule has 1 aromatic rings. The van der Waals surface area contributed by atoms with E-state index in [1.807, 2.05) is 38.1 Å². The predicted octanol–water partition coefficient (Wildman–Crippen LogP) is 3.82. The molecule has 0 aliphatic rings. The number of alkyl halides is 3. The highest BCUT2D eigenvalue weighted by molar-refractivity contribution is 7.80. The van der Waals surface area contributed by atoms with E-state index in [1.165, 1.54) is 0 Å². The van der Waals surface area contributed by atoms with Crippen molar-refractivity contribution in [1.29, 1.82) is 0 Å². The molecule has 27 heavy (non-hydrogen) atoms. The summed E-state index contributed by atoms with van der Waals surface area (Å²) >= 11 is 9.99. The van der Waals surface area contributed by atoms with Crippen molar-refractivity contribution in [2.75, 3.05) is 6.54 Å². The molecule has 0 aliphatic heterocycles. The first kappa shape index (κ1) is 23.0. The van der Waals surface area contributed by atoms with Gasteiger partial charge in [0.05, 0.1) is 10.7 Å². The average Bonchev–Trinajstić information content (AvgIpc) is 2.59. The molecule has 0 fully saturated rings. The Balaban J connectivity index is 2.97. The van der Waals surface area contributed by atoms with Gasteiger partial charge in [-0.05, 0) is 38.9 Å². The molecule has 0 unspecified atom stereocenters. The lowest BCUT2D eigenvalue weighted by Crippen LogP contribution is -2.39. The van der Waals surface area contributed by atoms with E-state index in [2.05, 4.69) is 26.4 Å². The van der Waals surface area contributed by atoms with Gasteiger partial charge >= 0.3 is 6.18 Å². The number of nitrogens with zero attached hydrogens (tertiary/aromatic N) is 2. The Hall–Kier alpha value is -2.07. The quantitative estimate of drug-likeness (QED) is 0.358. The molecule has 0 aromatic heterocycles. The third-order valence-electron chi connectivity index (χ3n) is 3.21. The molecule has 0 amide bonds. The molecule has 10 heteroatoms. The number of aryl methyl sites for hydroxylation is 1. The van der Waals surface area contributed by atoms with Crippen LogP contribution in [0, 0.1) is 6.92 Å². The molecule has 0 bridgehead atoms. The minimum atomic E-state index is -4.37. The van der Waals surface area contributed by atoms with Crippen molar-refractivity contribution in [3.8, 4) is 0 Å². The van der Waals surface area contributed by atoms with Gasteiger partial charge in [-0.2, -0.15) is 23.4 Å². The lowest BCUT2D eigenvalue weighted by atomic mass is 10.1. The van der Waals surface area contributed by atoms with E-state index in [9.17, 15) is 13.2 Å². The summed E-state index contributed by atoms with van der Waals surface area (Å²) < 4.78 is 36.8. The summed E-state index contributed by atoms with van der Waals surface area (Å²) in [7, 11) is 0. The summed E-state index contributed by atoms with van der Waals surface area (Å²) in [6.45, 7) is 4.42. The van der Waals surface area contributed by atoms with Gasteiger partial charge < -0.3 is 5.32 Å². The number of hydrogen-bond acceptors (Lipinski definition) is 4. The van der Waals surface area contributed by atoms with Gasteiger partial charge in [-0.15, -0.1) is 0 Å². The molecular formula is C17H22F3N5S2. The van der Waals surface area contributed by atoms with Crippen LogP contribution in [0.1, 0.15) is 37.8 Å². The molecule has 0 heterocycles. The SMILES string of the molecule is CCCC(=S)NN=C(C)C(=NNC(=S)NCC(F)(F)F)c1ccc(C)cc1. The molecule has 3 N–H and O–H groups in total. The maximum atomic E-state index is 12.3. The van der Waals surface area contributed by atoms with Crippen molar-refractivity contribution >= 4 is 46.0 Å². The number of halogens is 3.